The van der Waals surface area contributed by atoms with E-state index < -0.39 is 6.10 Å². The van der Waals surface area contributed by atoms with E-state index in [9.17, 15) is 5.11 Å². The molecule has 0 aliphatic carbocycles. The van der Waals surface area contributed by atoms with Crippen molar-refractivity contribution in [3.8, 4) is 0 Å². The van der Waals surface area contributed by atoms with Crippen LogP contribution in [0.1, 0.15) is 5.56 Å². The Balaban J connectivity index is 1.96. The number of hydrogen-bond acceptors (Lipinski definition) is 4. The van der Waals surface area contributed by atoms with Crippen molar-refractivity contribution in [3.63, 3.8) is 0 Å². The van der Waals surface area contributed by atoms with Crippen LogP contribution in [0.5, 0.6) is 0 Å². The minimum absolute atomic E-state index is 0.215. The number of hydrogen-bond donors (Lipinski definition) is 3. The van der Waals surface area contributed by atoms with Crippen molar-refractivity contribution in [3.05, 3.63) is 48.0 Å². The first-order valence-electron chi connectivity index (χ1n) is 6.22. The Kier molecular flexibility index (Phi) is 3.46. The first-order chi connectivity index (χ1) is 9.28. The van der Waals surface area contributed by atoms with E-state index in [1.165, 1.54) is 4.90 Å². The van der Waals surface area contributed by atoms with Crippen LogP contribution in [0.25, 0.3) is 0 Å². The van der Waals surface area contributed by atoms with Crippen LogP contribution in [0, 0.1) is 0 Å². The minimum atomic E-state index is -0.713. The zero-order valence-electron chi connectivity index (χ0n) is 10.3. The van der Waals surface area contributed by atoms with Gasteiger partial charge in [0, 0.05) is 16.2 Å². The van der Waals surface area contributed by atoms with Crippen molar-refractivity contribution >= 4 is 23.1 Å². The lowest BCUT2D eigenvalue weighted by atomic mass is 10.1. The van der Waals surface area contributed by atoms with Crippen LogP contribution in [0.15, 0.2) is 52.3 Å². The van der Waals surface area contributed by atoms with Gasteiger partial charge in [0.15, 0.2) is 0 Å². The fraction of sp³-hybridized carbons (Fsp3) is 0.200. The van der Waals surface area contributed by atoms with Gasteiger partial charge in [-0.15, -0.1) is 0 Å². The molecule has 3 nitrogen and oxygen atoms in total. The molecule has 3 rings (SSSR count). The van der Waals surface area contributed by atoms with Gasteiger partial charge in [-0.05, 0) is 23.8 Å². The molecule has 2 aromatic carbocycles. The molecule has 2 aromatic rings. The SMILES string of the molecule is OCC(O)Cc1cccc2c1Nc1ccccc1S2. The first-order valence-corrected chi connectivity index (χ1v) is 7.04. The molecule has 0 amide bonds. The summed E-state index contributed by atoms with van der Waals surface area (Å²) in [6, 6.07) is 14.2. The Morgan fingerprint density at radius 3 is 2.68 bits per heavy atom. The van der Waals surface area contributed by atoms with E-state index >= 15 is 0 Å². The van der Waals surface area contributed by atoms with Crippen LogP contribution in [0.2, 0.25) is 0 Å². The minimum Gasteiger partial charge on any atom is -0.394 e. The highest BCUT2D eigenvalue weighted by Crippen LogP contribution is 2.45. The first kappa shape index (κ1) is 12.5. The third-order valence-electron chi connectivity index (χ3n) is 3.15. The van der Waals surface area contributed by atoms with Gasteiger partial charge in [-0.25, -0.2) is 0 Å². The fourth-order valence-corrected chi connectivity index (χ4v) is 3.25. The molecule has 1 atom stereocenters. The number of aliphatic hydroxyl groups is 2. The molecule has 3 N–H and O–H groups in total. The van der Waals surface area contributed by atoms with Crippen LogP contribution in [0.3, 0.4) is 0 Å². The highest BCUT2D eigenvalue weighted by atomic mass is 32.2. The van der Waals surface area contributed by atoms with Gasteiger partial charge < -0.3 is 15.5 Å². The fourth-order valence-electron chi connectivity index (χ4n) is 2.20. The second-order valence-electron chi connectivity index (χ2n) is 4.55. The molecule has 0 bridgehead atoms. The lowest BCUT2D eigenvalue weighted by Crippen LogP contribution is -2.16. The molecule has 0 spiro atoms. The summed E-state index contributed by atoms with van der Waals surface area (Å²) in [6.07, 6.45) is -0.259. The Morgan fingerprint density at radius 2 is 1.84 bits per heavy atom. The quantitative estimate of drug-likeness (QED) is 0.687. The molecule has 1 unspecified atom stereocenters. The molecular formula is C15H15NO2S. The molecule has 0 saturated heterocycles. The summed E-state index contributed by atoms with van der Waals surface area (Å²) in [5.41, 5.74) is 3.16. The number of benzene rings is 2. The number of para-hydroxylation sites is 2. The Bertz CT molecular complexity index is 600. The molecule has 1 aliphatic rings. The van der Waals surface area contributed by atoms with Gasteiger partial charge in [-0.1, -0.05) is 36.0 Å². The van der Waals surface area contributed by atoms with Crippen LogP contribution in [-0.4, -0.2) is 22.9 Å². The topological polar surface area (TPSA) is 52.5 Å². The number of anilines is 2. The van der Waals surface area contributed by atoms with E-state index in [-0.39, 0.29) is 6.61 Å². The Hall–Kier alpha value is -1.49. The summed E-state index contributed by atoms with van der Waals surface area (Å²) in [4.78, 5) is 2.36. The maximum Gasteiger partial charge on any atom is 0.0811 e. The van der Waals surface area contributed by atoms with E-state index in [1.807, 2.05) is 30.3 Å². The largest absolute Gasteiger partial charge is 0.394 e. The zero-order valence-corrected chi connectivity index (χ0v) is 11.2. The van der Waals surface area contributed by atoms with Gasteiger partial charge >= 0.3 is 0 Å². The highest BCUT2D eigenvalue weighted by molar-refractivity contribution is 7.99. The molecule has 1 aliphatic heterocycles. The summed E-state index contributed by atoms with van der Waals surface area (Å²) in [7, 11) is 0. The van der Waals surface area contributed by atoms with Gasteiger partial charge in [-0.3, -0.25) is 0 Å². The summed E-state index contributed by atoms with van der Waals surface area (Å²) < 4.78 is 0. The Labute approximate surface area is 116 Å². The number of fused-ring (bicyclic) bond motifs is 2. The molecule has 0 fully saturated rings. The predicted octanol–water partition coefficient (Wildman–Crippen LogP) is 2.79. The van der Waals surface area contributed by atoms with Crippen molar-refractivity contribution in [1.29, 1.82) is 0 Å². The van der Waals surface area contributed by atoms with Gasteiger partial charge in [0.2, 0.25) is 0 Å². The third-order valence-corrected chi connectivity index (χ3v) is 4.28. The molecule has 4 heteroatoms. The molecular weight excluding hydrogens is 258 g/mol. The summed E-state index contributed by atoms with van der Waals surface area (Å²) in [5.74, 6) is 0. The molecule has 0 saturated carbocycles. The second-order valence-corrected chi connectivity index (χ2v) is 5.64. The van der Waals surface area contributed by atoms with E-state index in [0.29, 0.717) is 6.42 Å². The summed E-state index contributed by atoms with van der Waals surface area (Å²) in [6.45, 7) is -0.215. The predicted molar refractivity (Wildman–Crippen MR) is 77.1 cm³/mol. The van der Waals surface area contributed by atoms with Crippen LogP contribution >= 0.6 is 11.8 Å². The maximum atomic E-state index is 9.62. The average Bonchev–Trinajstić information content (AvgIpc) is 2.45. The van der Waals surface area contributed by atoms with Gasteiger partial charge in [0.05, 0.1) is 24.1 Å². The number of nitrogens with one attached hydrogen (secondary N) is 1. The maximum absolute atomic E-state index is 9.62. The normalized spacial score (nSPS) is 14.2. The van der Waals surface area contributed by atoms with Crippen LogP contribution in [0.4, 0.5) is 11.4 Å². The van der Waals surface area contributed by atoms with E-state index in [4.69, 9.17) is 5.11 Å². The van der Waals surface area contributed by atoms with Crippen molar-refractivity contribution in [2.45, 2.75) is 22.3 Å². The molecule has 98 valence electrons. The Morgan fingerprint density at radius 1 is 1.05 bits per heavy atom. The molecule has 0 radical (unpaired) electrons. The summed E-state index contributed by atoms with van der Waals surface area (Å²) in [5, 5.41) is 22.0. The standard InChI is InChI=1S/C15H15NO2S/c17-9-11(18)8-10-4-3-7-14-15(10)16-12-5-1-2-6-13(12)19-14/h1-7,11,16-18H,8-9H2. The molecule has 0 aromatic heterocycles. The summed E-state index contributed by atoms with van der Waals surface area (Å²) >= 11 is 1.72. The third kappa shape index (κ3) is 2.47. The number of aliphatic hydroxyl groups excluding tert-OH is 2. The monoisotopic (exact) mass is 273 g/mol. The van der Waals surface area contributed by atoms with Crippen LogP contribution in [-0.2, 0) is 6.42 Å². The van der Waals surface area contributed by atoms with Gasteiger partial charge in [0.25, 0.3) is 0 Å². The smallest absolute Gasteiger partial charge is 0.0811 e. The van der Waals surface area contributed by atoms with Gasteiger partial charge in [-0.2, -0.15) is 0 Å². The van der Waals surface area contributed by atoms with Crippen LogP contribution < -0.4 is 5.32 Å². The highest BCUT2D eigenvalue weighted by Gasteiger charge is 2.18. The van der Waals surface area contributed by atoms with Crippen molar-refractivity contribution in [1.82, 2.24) is 0 Å². The number of rotatable bonds is 3. The van der Waals surface area contributed by atoms with Crippen molar-refractivity contribution in [2.24, 2.45) is 0 Å². The zero-order chi connectivity index (χ0) is 13.2. The van der Waals surface area contributed by atoms with E-state index in [0.717, 1.165) is 21.8 Å². The van der Waals surface area contributed by atoms with Gasteiger partial charge in [0.1, 0.15) is 0 Å². The molecule has 19 heavy (non-hydrogen) atoms. The molecule has 1 heterocycles. The van der Waals surface area contributed by atoms with E-state index in [2.05, 4.69) is 17.4 Å². The second kappa shape index (κ2) is 5.25. The lowest BCUT2D eigenvalue weighted by Gasteiger charge is -2.23. The van der Waals surface area contributed by atoms with Crippen molar-refractivity contribution in [2.75, 3.05) is 11.9 Å². The van der Waals surface area contributed by atoms with E-state index in [1.54, 1.807) is 11.8 Å². The van der Waals surface area contributed by atoms with Crippen molar-refractivity contribution < 1.29 is 10.2 Å². The lowest BCUT2D eigenvalue weighted by molar-refractivity contribution is 0.0956. The average molecular weight is 273 g/mol.